The van der Waals surface area contributed by atoms with Gasteiger partial charge in [-0.25, -0.2) is 0 Å². The molecule has 0 bridgehead atoms. The minimum absolute atomic E-state index is 0.0415. The molecule has 1 fully saturated rings. The second-order valence-corrected chi connectivity index (χ2v) is 7.06. The summed E-state index contributed by atoms with van der Waals surface area (Å²) in [5, 5.41) is 1.12. The van der Waals surface area contributed by atoms with Gasteiger partial charge in [-0.15, -0.1) is 0 Å². The van der Waals surface area contributed by atoms with Gasteiger partial charge in [-0.1, -0.05) is 54.4 Å². The number of benzene rings is 2. The van der Waals surface area contributed by atoms with Gasteiger partial charge < -0.3 is 4.98 Å². The number of aryl methyl sites for hydroxylation is 1. The zero-order valence-electron chi connectivity index (χ0n) is 14.7. The Bertz CT molecular complexity index is 934. The van der Waals surface area contributed by atoms with Crippen LogP contribution in [0.3, 0.4) is 0 Å². The molecular weight excluding hydrogens is 308 g/mol. The second-order valence-electron chi connectivity index (χ2n) is 7.06. The number of para-hydroxylation sites is 1. The maximum atomic E-state index is 12.9. The average molecular weight is 332 g/mol. The Morgan fingerprint density at radius 1 is 0.960 bits per heavy atom. The molecule has 1 N–H and O–H groups in total. The van der Waals surface area contributed by atoms with E-state index in [1.165, 1.54) is 24.8 Å². The molecule has 3 heteroatoms. The highest BCUT2D eigenvalue weighted by atomic mass is 16.1. The first-order valence-electron chi connectivity index (χ1n) is 9.16. The normalized spacial score (nSPS) is 15.6. The molecular formula is C22H24N2O. The van der Waals surface area contributed by atoms with Crippen LogP contribution in [0.1, 0.15) is 30.4 Å². The lowest BCUT2D eigenvalue weighted by Gasteiger charge is -2.27. The number of aromatic amines is 1. The first-order valence-corrected chi connectivity index (χ1v) is 9.16. The number of likely N-dealkylation sites (tertiary alicyclic amines) is 1. The zero-order valence-corrected chi connectivity index (χ0v) is 14.7. The molecule has 1 aliphatic heterocycles. The molecule has 3 aromatic rings. The summed E-state index contributed by atoms with van der Waals surface area (Å²) in [6.45, 7) is 4.98. The molecule has 1 saturated heterocycles. The van der Waals surface area contributed by atoms with Crippen molar-refractivity contribution in [3.05, 3.63) is 70.0 Å². The lowest BCUT2D eigenvalue weighted by atomic mass is 9.95. The SMILES string of the molecule is Cc1ccc(-c2c(CN3CCCCC3)c(=O)[nH]c3ccccc23)cc1. The Labute approximate surface area is 148 Å². The summed E-state index contributed by atoms with van der Waals surface area (Å²) in [5.74, 6) is 0. The molecule has 0 amide bonds. The fraction of sp³-hybridized carbons (Fsp3) is 0.318. The number of piperidine rings is 1. The van der Waals surface area contributed by atoms with Crippen LogP contribution in [0.15, 0.2) is 53.3 Å². The first-order chi connectivity index (χ1) is 12.2. The van der Waals surface area contributed by atoms with Gasteiger partial charge in [0, 0.05) is 28.6 Å². The van der Waals surface area contributed by atoms with Crippen molar-refractivity contribution in [2.24, 2.45) is 0 Å². The highest BCUT2D eigenvalue weighted by molar-refractivity contribution is 5.96. The van der Waals surface area contributed by atoms with Crippen LogP contribution in [0.4, 0.5) is 0 Å². The van der Waals surface area contributed by atoms with Crippen molar-refractivity contribution in [1.82, 2.24) is 9.88 Å². The third kappa shape index (κ3) is 3.24. The van der Waals surface area contributed by atoms with Gasteiger partial charge in [0.2, 0.25) is 0 Å². The minimum atomic E-state index is 0.0415. The zero-order chi connectivity index (χ0) is 17.2. The number of nitrogens with one attached hydrogen (secondary N) is 1. The highest BCUT2D eigenvalue weighted by Gasteiger charge is 2.18. The van der Waals surface area contributed by atoms with E-state index in [-0.39, 0.29) is 5.56 Å². The van der Waals surface area contributed by atoms with E-state index in [4.69, 9.17) is 0 Å². The van der Waals surface area contributed by atoms with E-state index in [1.807, 2.05) is 18.2 Å². The number of fused-ring (bicyclic) bond motifs is 1. The van der Waals surface area contributed by atoms with Gasteiger partial charge in [0.1, 0.15) is 0 Å². The Balaban J connectivity index is 1.90. The largest absolute Gasteiger partial charge is 0.322 e. The highest BCUT2D eigenvalue weighted by Crippen LogP contribution is 2.30. The molecule has 128 valence electrons. The van der Waals surface area contributed by atoms with E-state index in [0.717, 1.165) is 47.2 Å². The monoisotopic (exact) mass is 332 g/mol. The fourth-order valence-electron chi connectivity index (χ4n) is 3.83. The number of hydrogen-bond donors (Lipinski definition) is 1. The van der Waals surface area contributed by atoms with Gasteiger partial charge in [0.25, 0.3) is 5.56 Å². The summed E-state index contributed by atoms with van der Waals surface area (Å²) in [6.07, 6.45) is 3.76. The van der Waals surface area contributed by atoms with Gasteiger partial charge in [-0.05, 0) is 44.5 Å². The summed E-state index contributed by atoms with van der Waals surface area (Å²) >= 11 is 0. The van der Waals surface area contributed by atoms with Gasteiger partial charge >= 0.3 is 0 Å². The quantitative estimate of drug-likeness (QED) is 0.767. The Morgan fingerprint density at radius 2 is 1.68 bits per heavy atom. The molecule has 1 aromatic heterocycles. The predicted octanol–water partition coefficient (Wildman–Crippen LogP) is 4.49. The van der Waals surface area contributed by atoms with Crippen molar-refractivity contribution in [3.63, 3.8) is 0 Å². The maximum Gasteiger partial charge on any atom is 0.253 e. The molecule has 1 aliphatic rings. The van der Waals surface area contributed by atoms with Crippen molar-refractivity contribution < 1.29 is 0 Å². The minimum Gasteiger partial charge on any atom is -0.322 e. The summed E-state index contributed by atoms with van der Waals surface area (Å²) in [7, 11) is 0. The topological polar surface area (TPSA) is 36.1 Å². The van der Waals surface area contributed by atoms with E-state index in [0.29, 0.717) is 0 Å². The van der Waals surface area contributed by atoms with Crippen molar-refractivity contribution in [3.8, 4) is 11.1 Å². The van der Waals surface area contributed by atoms with Crippen LogP contribution in [0.5, 0.6) is 0 Å². The molecule has 25 heavy (non-hydrogen) atoms. The fourth-order valence-corrected chi connectivity index (χ4v) is 3.83. The summed E-state index contributed by atoms with van der Waals surface area (Å²) in [5.41, 5.74) is 5.29. The van der Waals surface area contributed by atoms with Gasteiger partial charge in [-0.3, -0.25) is 9.69 Å². The molecule has 0 spiro atoms. The number of hydrogen-bond acceptors (Lipinski definition) is 2. The molecule has 3 nitrogen and oxygen atoms in total. The summed E-state index contributed by atoms with van der Waals surface area (Å²) < 4.78 is 0. The van der Waals surface area contributed by atoms with Crippen LogP contribution in [-0.2, 0) is 6.54 Å². The molecule has 0 saturated carbocycles. The van der Waals surface area contributed by atoms with Crippen LogP contribution < -0.4 is 5.56 Å². The van der Waals surface area contributed by atoms with Crippen LogP contribution in [-0.4, -0.2) is 23.0 Å². The molecule has 2 heterocycles. The summed E-state index contributed by atoms with van der Waals surface area (Å²) in [4.78, 5) is 18.4. The standard InChI is InChI=1S/C22H24N2O/c1-16-9-11-17(12-10-16)21-18-7-3-4-8-20(18)23-22(25)19(21)15-24-13-5-2-6-14-24/h3-4,7-12H,2,5-6,13-15H2,1H3,(H,23,25). The van der Waals surface area contributed by atoms with Crippen molar-refractivity contribution >= 4 is 10.9 Å². The number of rotatable bonds is 3. The second kappa shape index (κ2) is 6.85. The number of nitrogens with zero attached hydrogens (tertiary/aromatic N) is 1. The van der Waals surface area contributed by atoms with E-state index in [9.17, 15) is 4.79 Å². The third-order valence-corrected chi connectivity index (χ3v) is 5.19. The average Bonchev–Trinajstić information content (AvgIpc) is 2.64. The lowest BCUT2D eigenvalue weighted by molar-refractivity contribution is 0.220. The van der Waals surface area contributed by atoms with Gasteiger partial charge in [0.05, 0.1) is 0 Å². The Morgan fingerprint density at radius 3 is 2.44 bits per heavy atom. The number of H-pyrrole nitrogens is 1. The van der Waals surface area contributed by atoms with Gasteiger partial charge in [0.15, 0.2) is 0 Å². The van der Waals surface area contributed by atoms with E-state index < -0.39 is 0 Å². The van der Waals surface area contributed by atoms with Crippen LogP contribution in [0, 0.1) is 6.92 Å². The Kier molecular flexibility index (Phi) is 4.41. The van der Waals surface area contributed by atoms with Crippen molar-refractivity contribution in [2.75, 3.05) is 13.1 Å². The van der Waals surface area contributed by atoms with Gasteiger partial charge in [-0.2, -0.15) is 0 Å². The van der Waals surface area contributed by atoms with E-state index in [1.54, 1.807) is 0 Å². The van der Waals surface area contributed by atoms with E-state index >= 15 is 0 Å². The predicted molar refractivity (Wildman–Crippen MR) is 104 cm³/mol. The maximum absolute atomic E-state index is 12.9. The first kappa shape index (κ1) is 16.1. The van der Waals surface area contributed by atoms with Crippen molar-refractivity contribution in [1.29, 1.82) is 0 Å². The number of pyridine rings is 1. The van der Waals surface area contributed by atoms with Crippen molar-refractivity contribution in [2.45, 2.75) is 32.7 Å². The van der Waals surface area contributed by atoms with E-state index in [2.05, 4.69) is 47.1 Å². The molecule has 0 unspecified atom stereocenters. The lowest BCUT2D eigenvalue weighted by Crippen LogP contribution is -2.32. The van der Waals surface area contributed by atoms with Crippen LogP contribution in [0.25, 0.3) is 22.0 Å². The summed E-state index contributed by atoms with van der Waals surface area (Å²) in [6, 6.07) is 16.6. The van der Waals surface area contributed by atoms with Crippen LogP contribution in [0.2, 0.25) is 0 Å². The molecule has 0 aliphatic carbocycles. The smallest absolute Gasteiger partial charge is 0.253 e. The molecule has 4 rings (SSSR count). The Hall–Kier alpha value is -2.39. The number of aromatic nitrogens is 1. The molecule has 0 atom stereocenters. The molecule has 2 aromatic carbocycles. The van der Waals surface area contributed by atoms with Crippen LogP contribution >= 0.6 is 0 Å². The molecule has 0 radical (unpaired) electrons. The third-order valence-electron chi connectivity index (χ3n) is 5.19.